The predicted molar refractivity (Wildman–Crippen MR) is 122 cm³/mol. The third-order valence-electron chi connectivity index (χ3n) is 5.32. The summed E-state index contributed by atoms with van der Waals surface area (Å²) >= 11 is 0. The second-order valence-electron chi connectivity index (χ2n) is 7.79. The molecule has 1 heterocycles. The van der Waals surface area contributed by atoms with E-state index in [1.54, 1.807) is 59.5 Å². The van der Waals surface area contributed by atoms with E-state index in [-0.39, 0.29) is 31.1 Å². The Kier molecular flexibility index (Phi) is 7.09. The van der Waals surface area contributed by atoms with Gasteiger partial charge in [0.05, 0.1) is 23.4 Å². The van der Waals surface area contributed by atoms with Gasteiger partial charge in [-0.2, -0.15) is 5.26 Å². The molecule has 0 atom stereocenters. The van der Waals surface area contributed by atoms with Crippen LogP contribution in [0.3, 0.4) is 0 Å². The summed E-state index contributed by atoms with van der Waals surface area (Å²) in [5.41, 5.74) is 2.35. The van der Waals surface area contributed by atoms with Crippen LogP contribution in [0, 0.1) is 23.0 Å². The number of hydrogen-bond acceptors (Lipinski definition) is 4. The van der Waals surface area contributed by atoms with Gasteiger partial charge in [-0.3, -0.25) is 4.79 Å². The number of oxazole rings is 1. The Balaban J connectivity index is 1.47. The molecule has 3 aromatic carbocycles. The second kappa shape index (κ2) is 10.5. The molecule has 34 heavy (non-hydrogen) atoms. The van der Waals surface area contributed by atoms with Gasteiger partial charge in [0.15, 0.2) is 11.7 Å². The molecule has 4 aromatic rings. The summed E-state index contributed by atoms with van der Waals surface area (Å²) in [4.78, 5) is 18.9. The van der Waals surface area contributed by atoms with Gasteiger partial charge in [-0.15, -0.1) is 0 Å². The summed E-state index contributed by atoms with van der Waals surface area (Å²) in [5, 5.41) is 9.00. The smallest absolute Gasteiger partial charge is 0.223 e. The summed E-state index contributed by atoms with van der Waals surface area (Å²) in [6, 6.07) is 21.4. The molecule has 170 valence electrons. The molecule has 0 N–H and O–H groups in total. The number of amides is 1. The molecule has 1 aromatic heterocycles. The van der Waals surface area contributed by atoms with Crippen molar-refractivity contribution in [3.05, 3.63) is 113 Å². The molecule has 0 aliphatic carbocycles. The normalized spacial score (nSPS) is 10.6. The van der Waals surface area contributed by atoms with Crippen molar-refractivity contribution in [2.24, 2.45) is 0 Å². The van der Waals surface area contributed by atoms with Crippen molar-refractivity contribution in [3.8, 4) is 17.4 Å². The van der Waals surface area contributed by atoms with Gasteiger partial charge in [0.25, 0.3) is 0 Å². The Morgan fingerprint density at radius 1 is 0.971 bits per heavy atom. The van der Waals surface area contributed by atoms with Crippen LogP contribution in [0.2, 0.25) is 0 Å². The van der Waals surface area contributed by atoms with Crippen molar-refractivity contribution in [3.63, 3.8) is 0 Å². The number of aromatic nitrogens is 1. The minimum atomic E-state index is -0.412. The van der Waals surface area contributed by atoms with Gasteiger partial charge in [-0.25, -0.2) is 13.8 Å². The summed E-state index contributed by atoms with van der Waals surface area (Å²) in [6.07, 6.45) is 1.79. The van der Waals surface area contributed by atoms with Gasteiger partial charge < -0.3 is 9.32 Å². The van der Waals surface area contributed by atoms with Gasteiger partial charge in [-0.05, 0) is 47.5 Å². The largest absolute Gasteiger partial charge is 0.441 e. The Morgan fingerprint density at radius 3 is 2.47 bits per heavy atom. The maximum atomic E-state index is 14.0. The molecule has 0 unspecified atom stereocenters. The lowest BCUT2D eigenvalue weighted by atomic mass is 10.1. The van der Waals surface area contributed by atoms with Crippen molar-refractivity contribution >= 4 is 5.91 Å². The number of nitrogens with zero attached hydrogens (tertiary/aromatic N) is 3. The first-order valence-electron chi connectivity index (χ1n) is 10.7. The lowest BCUT2D eigenvalue weighted by molar-refractivity contribution is -0.132. The van der Waals surface area contributed by atoms with Crippen LogP contribution in [0.25, 0.3) is 11.3 Å². The Morgan fingerprint density at radius 2 is 1.74 bits per heavy atom. The zero-order valence-corrected chi connectivity index (χ0v) is 18.2. The lowest BCUT2D eigenvalue weighted by Gasteiger charge is -2.23. The minimum Gasteiger partial charge on any atom is -0.441 e. The zero-order valence-electron chi connectivity index (χ0n) is 18.2. The van der Waals surface area contributed by atoms with Gasteiger partial charge >= 0.3 is 0 Å². The first-order chi connectivity index (χ1) is 16.5. The molecule has 0 bridgehead atoms. The molecular weight excluding hydrogens is 436 g/mol. The summed E-state index contributed by atoms with van der Waals surface area (Å²) in [7, 11) is 0. The molecule has 0 radical (unpaired) electrons. The van der Waals surface area contributed by atoms with Crippen molar-refractivity contribution in [2.45, 2.75) is 25.9 Å². The fourth-order valence-electron chi connectivity index (χ4n) is 3.58. The van der Waals surface area contributed by atoms with E-state index in [1.165, 1.54) is 24.4 Å². The van der Waals surface area contributed by atoms with Crippen LogP contribution in [0.1, 0.15) is 29.0 Å². The highest BCUT2D eigenvalue weighted by Gasteiger charge is 2.17. The number of carbonyl (C=O) groups excluding carboxylic acids is 1. The second-order valence-corrected chi connectivity index (χ2v) is 7.79. The van der Waals surface area contributed by atoms with Crippen molar-refractivity contribution < 1.29 is 18.0 Å². The first kappa shape index (κ1) is 22.9. The first-order valence-corrected chi connectivity index (χ1v) is 10.7. The van der Waals surface area contributed by atoms with Crippen LogP contribution in [0.15, 0.2) is 83.4 Å². The highest BCUT2D eigenvalue weighted by atomic mass is 19.1. The molecule has 4 rings (SSSR count). The third-order valence-corrected chi connectivity index (χ3v) is 5.32. The van der Waals surface area contributed by atoms with Crippen molar-refractivity contribution in [1.82, 2.24) is 9.88 Å². The highest BCUT2D eigenvalue weighted by molar-refractivity contribution is 5.76. The Labute approximate surface area is 195 Å². The van der Waals surface area contributed by atoms with E-state index in [0.717, 1.165) is 5.56 Å². The highest BCUT2D eigenvalue weighted by Crippen LogP contribution is 2.24. The molecule has 0 saturated carbocycles. The fraction of sp³-hybridized carbons (Fsp3) is 0.148. The van der Waals surface area contributed by atoms with E-state index in [2.05, 4.69) is 11.1 Å². The number of hydrogen-bond donors (Lipinski definition) is 0. The standard InChI is InChI=1S/C27H21F2N3O2/c28-22-5-3-4-21(14-22)18-32(17-20-10-8-19(15-30)9-11-20)27(33)13-12-26-31-16-25(34-26)23-6-1-2-7-24(23)29/h1-11,14,16H,12-13,17-18H2. The summed E-state index contributed by atoms with van der Waals surface area (Å²) in [6.45, 7) is 0.524. The van der Waals surface area contributed by atoms with Crippen molar-refractivity contribution in [2.75, 3.05) is 0 Å². The molecule has 5 nitrogen and oxygen atoms in total. The number of nitriles is 1. The molecule has 0 aliphatic heterocycles. The molecule has 0 aliphatic rings. The predicted octanol–water partition coefficient (Wildman–Crippen LogP) is 5.65. The van der Waals surface area contributed by atoms with E-state index >= 15 is 0 Å². The number of benzene rings is 3. The lowest BCUT2D eigenvalue weighted by Crippen LogP contribution is -2.30. The SMILES string of the molecule is N#Cc1ccc(CN(Cc2cccc(F)c2)C(=O)CCc2ncc(-c3ccccc3F)o2)cc1. The third kappa shape index (κ3) is 5.73. The Hall–Kier alpha value is -4.31. The van der Waals surface area contributed by atoms with Gasteiger partial charge in [-0.1, -0.05) is 36.4 Å². The van der Waals surface area contributed by atoms with Crippen molar-refractivity contribution in [1.29, 1.82) is 5.26 Å². The van der Waals surface area contributed by atoms with Crippen LogP contribution < -0.4 is 0 Å². The average molecular weight is 457 g/mol. The molecule has 0 saturated heterocycles. The fourth-order valence-corrected chi connectivity index (χ4v) is 3.58. The molecule has 0 spiro atoms. The average Bonchev–Trinajstić information content (AvgIpc) is 3.32. The van der Waals surface area contributed by atoms with Crippen LogP contribution in [0.5, 0.6) is 0 Å². The monoisotopic (exact) mass is 457 g/mol. The maximum absolute atomic E-state index is 14.0. The molecule has 7 heteroatoms. The molecular formula is C27H21F2N3O2. The number of carbonyl (C=O) groups is 1. The van der Waals surface area contributed by atoms with E-state index in [4.69, 9.17) is 9.68 Å². The van der Waals surface area contributed by atoms with E-state index < -0.39 is 5.82 Å². The van der Waals surface area contributed by atoms with E-state index in [9.17, 15) is 13.6 Å². The van der Waals surface area contributed by atoms with Gasteiger partial charge in [0, 0.05) is 25.9 Å². The number of aryl methyl sites for hydroxylation is 1. The molecule has 0 fully saturated rings. The van der Waals surface area contributed by atoms with Crippen LogP contribution >= 0.6 is 0 Å². The number of rotatable bonds is 8. The van der Waals surface area contributed by atoms with Crippen LogP contribution in [0.4, 0.5) is 8.78 Å². The van der Waals surface area contributed by atoms with E-state index in [0.29, 0.717) is 34.9 Å². The quantitative estimate of drug-likeness (QED) is 0.343. The van der Waals surface area contributed by atoms with Gasteiger partial charge in [0.1, 0.15) is 11.6 Å². The summed E-state index contributed by atoms with van der Waals surface area (Å²) in [5.74, 6) is -0.321. The number of halogens is 2. The minimum absolute atomic E-state index is 0.114. The maximum Gasteiger partial charge on any atom is 0.223 e. The summed E-state index contributed by atoms with van der Waals surface area (Å²) < 4.78 is 33.3. The van der Waals surface area contributed by atoms with Crippen LogP contribution in [-0.2, 0) is 24.3 Å². The van der Waals surface area contributed by atoms with Crippen LogP contribution in [-0.4, -0.2) is 15.8 Å². The topological polar surface area (TPSA) is 70.1 Å². The Bertz CT molecular complexity index is 1330. The van der Waals surface area contributed by atoms with Gasteiger partial charge in [0.2, 0.25) is 5.91 Å². The zero-order chi connectivity index (χ0) is 23.9. The van der Waals surface area contributed by atoms with E-state index in [1.807, 2.05) is 0 Å². The molecule has 1 amide bonds.